The molecule has 100 valence electrons. The first-order chi connectivity index (χ1) is 9.35. The molecule has 5 heteroatoms. The van der Waals surface area contributed by atoms with Gasteiger partial charge in [-0.25, -0.2) is 9.97 Å². The van der Waals surface area contributed by atoms with Gasteiger partial charge in [-0.05, 0) is 24.3 Å². The Morgan fingerprint density at radius 2 is 2.11 bits per heavy atom. The van der Waals surface area contributed by atoms with Gasteiger partial charge in [-0.15, -0.1) is 11.3 Å². The summed E-state index contributed by atoms with van der Waals surface area (Å²) < 4.78 is 0. The lowest BCUT2D eigenvalue weighted by atomic mass is 10.0. The normalized spacial score (nSPS) is 26.3. The van der Waals surface area contributed by atoms with Crippen molar-refractivity contribution in [2.75, 3.05) is 31.1 Å². The molecular weight excluding hydrogens is 256 g/mol. The van der Waals surface area contributed by atoms with Gasteiger partial charge in [0.2, 0.25) is 0 Å². The van der Waals surface area contributed by atoms with E-state index in [1.807, 2.05) is 0 Å². The van der Waals surface area contributed by atoms with Crippen molar-refractivity contribution in [3.8, 4) is 0 Å². The van der Waals surface area contributed by atoms with Crippen LogP contribution in [0.3, 0.4) is 0 Å². The van der Waals surface area contributed by atoms with Gasteiger partial charge < -0.3 is 10.2 Å². The quantitative estimate of drug-likeness (QED) is 0.908. The third-order valence-electron chi connectivity index (χ3n) is 4.40. The Morgan fingerprint density at radius 1 is 1.32 bits per heavy atom. The molecule has 4 nitrogen and oxygen atoms in total. The van der Waals surface area contributed by atoms with Crippen LogP contribution in [0.4, 0.5) is 5.82 Å². The standard InChI is InChI=1S/C14H18N4S/c1-2-11-3-12-13(16-8-17-14(12)19-11)18-6-9-4-15-5-10(9)7-18/h3,8-10,15H,2,4-7H2,1H3/t9-,10+. The number of anilines is 1. The van der Waals surface area contributed by atoms with E-state index in [-0.39, 0.29) is 0 Å². The Labute approximate surface area is 116 Å². The maximum Gasteiger partial charge on any atom is 0.140 e. The number of hydrogen-bond donors (Lipinski definition) is 1. The molecule has 2 saturated heterocycles. The van der Waals surface area contributed by atoms with Gasteiger partial charge in [0, 0.05) is 31.1 Å². The van der Waals surface area contributed by atoms with Gasteiger partial charge in [-0.1, -0.05) is 6.92 Å². The number of fused-ring (bicyclic) bond motifs is 2. The van der Waals surface area contributed by atoms with Crippen LogP contribution in [0, 0.1) is 11.8 Å². The highest BCUT2D eigenvalue weighted by Gasteiger charge is 2.37. The van der Waals surface area contributed by atoms with E-state index in [9.17, 15) is 0 Å². The molecule has 0 spiro atoms. The molecule has 2 atom stereocenters. The monoisotopic (exact) mass is 274 g/mol. The molecule has 1 N–H and O–H groups in total. The molecular formula is C14H18N4S. The van der Waals surface area contributed by atoms with E-state index in [1.165, 1.54) is 23.4 Å². The number of aromatic nitrogens is 2. The molecule has 0 bridgehead atoms. The lowest BCUT2D eigenvalue weighted by Crippen LogP contribution is -2.26. The van der Waals surface area contributed by atoms with Gasteiger partial charge >= 0.3 is 0 Å². The Balaban J connectivity index is 1.73. The molecule has 0 unspecified atom stereocenters. The summed E-state index contributed by atoms with van der Waals surface area (Å²) in [4.78, 5) is 14.0. The Bertz CT molecular complexity index is 597. The maximum atomic E-state index is 4.56. The van der Waals surface area contributed by atoms with Crippen LogP contribution in [-0.4, -0.2) is 36.1 Å². The first-order valence-electron chi connectivity index (χ1n) is 7.04. The molecule has 0 aliphatic carbocycles. The average molecular weight is 274 g/mol. The van der Waals surface area contributed by atoms with Crippen LogP contribution in [-0.2, 0) is 6.42 Å². The molecule has 2 aliphatic heterocycles. The molecule has 0 saturated carbocycles. The van der Waals surface area contributed by atoms with Gasteiger partial charge in [0.05, 0.1) is 5.39 Å². The minimum absolute atomic E-state index is 0.800. The highest BCUT2D eigenvalue weighted by Crippen LogP contribution is 2.35. The van der Waals surface area contributed by atoms with Crippen molar-refractivity contribution in [1.82, 2.24) is 15.3 Å². The van der Waals surface area contributed by atoms with Gasteiger partial charge in [0.1, 0.15) is 17.0 Å². The molecule has 4 heterocycles. The number of hydrogen-bond acceptors (Lipinski definition) is 5. The molecule has 4 rings (SSSR count). The zero-order valence-electron chi connectivity index (χ0n) is 11.1. The Morgan fingerprint density at radius 3 is 2.84 bits per heavy atom. The molecule has 2 fully saturated rings. The third-order valence-corrected chi connectivity index (χ3v) is 5.58. The van der Waals surface area contributed by atoms with E-state index in [0.717, 1.165) is 42.0 Å². The maximum absolute atomic E-state index is 4.56. The Kier molecular flexibility index (Phi) is 2.70. The number of rotatable bonds is 2. The zero-order valence-corrected chi connectivity index (χ0v) is 11.9. The van der Waals surface area contributed by atoms with E-state index in [2.05, 4.69) is 33.2 Å². The van der Waals surface area contributed by atoms with Gasteiger partial charge in [-0.2, -0.15) is 0 Å². The van der Waals surface area contributed by atoms with Crippen molar-refractivity contribution in [1.29, 1.82) is 0 Å². The van der Waals surface area contributed by atoms with Crippen molar-refractivity contribution in [3.63, 3.8) is 0 Å². The molecule has 19 heavy (non-hydrogen) atoms. The summed E-state index contributed by atoms with van der Waals surface area (Å²) >= 11 is 1.80. The second-order valence-corrected chi connectivity index (χ2v) is 6.68. The second kappa shape index (κ2) is 4.42. The smallest absolute Gasteiger partial charge is 0.140 e. The van der Waals surface area contributed by atoms with Crippen molar-refractivity contribution >= 4 is 27.4 Å². The summed E-state index contributed by atoms with van der Waals surface area (Å²) in [7, 11) is 0. The molecule has 0 radical (unpaired) electrons. The minimum atomic E-state index is 0.800. The van der Waals surface area contributed by atoms with Gasteiger partial charge in [0.15, 0.2) is 0 Å². The van der Waals surface area contributed by atoms with Gasteiger partial charge in [0.25, 0.3) is 0 Å². The fraction of sp³-hybridized carbons (Fsp3) is 0.571. The molecule has 0 aromatic carbocycles. The van der Waals surface area contributed by atoms with Crippen molar-refractivity contribution in [2.24, 2.45) is 11.8 Å². The molecule has 2 aromatic heterocycles. The zero-order chi connectivity index (χ0) is 12.8. The highest BCUT2D eigenvalue weighted by atomic mass is 32.1. The minimum Gasteiger partial charge on any atom is -0.355 e. The predicted octanol–water partition coefficient (Wildman–Crippen LogP) is 1.91. The van der Waals surface area contributed by atoms with Crippen molar-refractivity contribution in [3.05, 3.63) is 17.3 Å². The van der Waals surface area contributed by atoms with Crippen LogP contribution in [0.2, 0.25) is 0 Å². The first-order valence-corrected chi connectivity index (χ1v) is 7.86. The van der Waals surface area contributed by atoms with Crippen LogP contribution >= 0.6 is 11.3 Å². The number of nitrogens with one attached hydrogen (secondary N) is 1. The average Bonchev–Trinajstić information content (AvgIpc) is 3.10. The first kappa shape index (κ1) is 11.6. The van der Waals surface area contributed by atoms with Crippen molar-refractivity contribution < 1.29 is 0 Å². The molecule has 2 aromatic rings. The third kappa shape index (κ3) is 1.83. The summed E-state index contributed by atoms with van der Waals surface area (Å²) in [6, 6.07) is 2.28. The second-order valence-electron chi connectivity index (χ2n) is 5.57. The lowest BCUT2D eigenvalue weighted by Gasteiger charge is -2.18. The van der Waals surface area contributed by atoms with Crippen LogP contribution in [0.5, 0.6) is 0 Å². The fourth-order valence-corrected chi connectivity index (χ4v) is 4.28. The number of thiophene rings is 1. The fourth-order valence-electron chi connectivity index (χ4n) is 3.35. The topological polar surface area (TPSA) is 41.0 Å². The van der Waals surface area contributed by atoms with Crippen LogP contribution in [0.1, 0.15) is 11.8 Å². The van der Waals surface area contributed by atoms with E-state index >= 15 is 0 Å². The lowest BCUT2D eigenvalue weighted by molar-refractivity contribution is 0.533. The summed E-state index contributed by atoms with van der Waals surface area (Å²) in [5.41, 5.74) is 0. The summed E-state index contributed by atoms with van der Waals surface area (Å²) in [5.74, 6) is 2.75. The number of nitrogens with zero attached hydrogens (tertiary/aromatic N) is 3. The van der Waals surface area contributed by atoms with E-state index in [1.54, 1.807) is 17.7 Å². The van der Waals surface area contributed by atoms with Crippen LogP contribution < -0.4 is 10.2 Å². The van der Waals surface area contributed by atoms with Crippen LogP contribution in [0.25, 0.3) is 10.2 Å². The van der Waals surface area contributed by atoms with Gasteiger partial charge in [-0.3, -0.25) is 0 Å². The highest BCUT2D eigenvalue weighted by molar-refractivity contribution is 7.18. The molecule has 2 aliphatic rings. The van der Waals surface area contributed by atoms with E-state index in [0.29, 0.717) is 0 Å². The van der Waals surface area contributed by atoms with Crippen molar-refractivity contribution in [2.45, 2.75) is 13.3 Å². The summed E-state index contributed by atoms with van der Waals surface area (Å²) in [5, 5.41) is 4.74. The van der Waals surface area contributed by atoms with E-state index < -0.39 is 0 Å². The number of aryl methyl sites for hydroxylation is 1. The van der Waals surface area contributed by atoms with E-state index in [4.69, 9.17) is 0 Å². The van der Waals surface area contributed by atoms with Crippen LogP contribution in [0.15, 0.2) is 12.4 Å². The predicted molar refractivity (Wildman–Crippen MR) is 78.9 cm³/mol. The molecule has 0 amide bonds. The summed E-state index contributed by atoms with van der Waals surface area (Å²) in [6.45, 7) is 6.81. The summed E-state index contributed by atoms with van der Waals surface area (Å²) in [6.07, 6.45) is 2.80. The largest absolute Gasteiger partial charge is 0.355 e. The SMILES string of the molecule is CCc1cc2c(N3C[C@H]4CNC[C@H]4C3)ncnc2s1. The Hall–Kier alpha value is -1.20.